The summed E-state index contributed by atoms with van der Waals surface area (Å²) in [5.74, 6) is 0.310. The smallest absolute Gasteiger partial charge is 0.407 e. The van der Waals surface area contributed by atoms with Gasteiger partial charge in [0.1, 0.15) is 5.60 Å². The highest BCUT2D eigenvalue weighted by atomic mass is 16.6. The number of nitrogens with one attached hydrogen (secondary N) is 2. The highest BCUT2D eigenvalue weighted by molar-refractivity contribution is 5.68. The molecule has 1 atom stereocenters. The maximum atomic E-state index is 11.9. The Balaban J connectivity index is 2.51. The van der Waals surface area contributed by atoms with Gasteiger partial charge in [-0.25, -0.2) is 9.78 Å². The molecule has 0 saturated carbocycles. The zero-order valence-corrected chi connectivity index (χ0v) is 15.5. The van der Waals surface area contributed by atoms with E-state index in [0.717, 1.165) is 12.2 Å². The summed E-state index contributed by atoms with van der Waals surface area (Å²) in [7, 11) is 0. The Hall–Kier alpha value is -1.56. The van der Waals surface area contributed by atoms with Gasteiger partial charge < -0.3 is 19.9 Å². The number of imidazole rings is 1. The van der Waals surface area contributed by atoms with Gasteiger partial charge in [-0.15, -0.1) is 0 Å². The van der Waals surface area contributed by atoms with Crippen LogP contribution in [0.15, 0.2) is 12.5 Å². The van der Waals surface area contributed by atoms with Crippen molar-refractivity contribution in [2.75, 3.05) is 6.54 Å². The Morgan fingerprint density at radius 2 is 1.96 bits per heavy atom. The van der Waals surface area contributed by atoms with Crippen molar-refractivity contribution in [1.82, 2.24) is 20.2 Å². The number of aromatic nitrogens is 2. The molecular weight excluding hydrogens is 292 g/mol. The SMILES string of the molecule is CC(C)C(CNCc1cncn1C(C)C)NC(=O)OC(C)(C)C. The molecule has 6 heteroatoms. The fourth-order valence-electron chi connectivity index (χ4n) is 2.20. The van der Waals surface area contributed by atoms with E-state index in [-0.39, 0.29) is 12.1 Å². The van der Waals surface area contributed by atoms with Crippen molar-refractivity contribution in [2.45, 2.75) is 72.7 Å². The third-order valence-electron chi connectivity index (χ3n) is 3.48. The van der Waals surface area contributed by atoms with Crippen LogP contribution in [-0.2, 0) is 11.3 Å². The number of carbonyl (C=O) groups is 1. The predicted octanol–water partition coefficient (Wildman–Crippen LogP) is 3.10. The molecule has 1 heterocycles. The third-order valence-corrected chi connectivity index (χ3v) is 3.48. The molecule has 23 heavy (non-hydrogen) atoms. The number of amides is 1. The van der Waals surface area contributed by atoms with E-state index >= 15 is 0 Å². The van der Waals surface area contributed by atoms with Crippen molar-refractivity contribution in [2.24, 2.45) is 5.92 Å². The van der Waals surface area contributed by atoms with Crippen LogP contribution >= 0.6 is 0 Å². The molecule has 0 fully saturated rings. The van der Waals surface area contributed by atoms with Crippen molar-refractivity contribution in [3.8, 4) is 0 Å². The monoisotopic (exact) mass is 324 g/mol. The minimum Gasteiger partial charge on any atom is -0.444 e. The molecule has 0 saturated heterocycles. The first-order chi connectivity index (χ1) is 10.6. The Morgan fingerprint density at radius 3 is 2.48 bits per heavy atom. The molecule has 0 radical (unpaired) electrons. The zero-order valence-electron chi connectivity index (χ0n) is 15.5. The van der Waals surface area contributed by atoms with Crippen LogP contribution in [0.4, 0.5) is 4.79 Å². The Kier molecular flexibility index (Phi) is 7.06. The van der Waals surface area contributed by atoms with Crippen LogP contribution in [0.25, 0.3) is 0 Å². The molecule has 0 aliphatic carbocycles. The number of hydrogen-bond acceptors (Lipinski definition) is 4. The van der Waals surface area contributed by atoms with Crippen LogP contribution < -0.4 is 10.6 Å². The summed E-state index contributed by atoms with van der Waals surface area (Å²) in [4.78, 5) is 16.1. The van der Waals surface area contributed by atoms with Crippen LogP contribution in [0, 0.1) is 5.92 Å². The average Bonchev–Trinajstić information content (AvgIpc) is 2.83. The van der Waals surface area contributed by atoms with Gasteiger partial charge in [-0.05, 0) is 40.5 Å². The van der Waals surface area contributed by atoms with E-state index in [1.807, 2.05) is 33.3 Å². The van der Waals surface area contributed by atoms with E-state index in [4.69, 9.17) is 4.74 Å². The third kappa shape index (κ3) is 7.03. The number of alkyl carbamates (subject to hydrolysis) is 1. The van der Waals surface area contributed by atoms with E-state index in [9.17, 15) is 4.79 Å². The number of nitrogens with zero attached hydrogens (tertiary/aromatic N) is 2. The van der Waals surface area contributed by atoms with Gasteiger partial charge in [0, 0.05) is 31.4 Å². The molecule has 0 aromatic carbocycles. The Bertz CT molecular complexity index is 489. The lowest BCUT2D eigenvalue weighted by Gasteiger charge is -2.26. The maximum absolute atomic E-state index is 11.9. The van der Waals surface area contributed by atoms with Gasteiger partial charge in [-0.1, -0.05) is 13.8 Å². The lowest BCUT2D eigenvalue weighted by atomic mass is 10.0. The molecule has 1 rings (SSSR count). The van der Waals surface area contributed by atoms with Gasteiger partial charge in [0.15, 0.2) is 0 Å². The Labute approximate surface area is 140 Å². The second-order valence-electron chi connectivity index (χ2n) is 7.51. The number of ether oxygens (including phenoxy) is 1. The van der Waals surface area contributed by atoms with Gasteiger partial charge in [0.05, 0.1) is 12.0 Å². The van der Waals surface area contributed by atoms with Gasteiger partial charge in [-0.2, -0.15) is 0 Å². The first-order valence-corrected chi connectivity index (χ1v) is 8.31. The minimum atomic E-state index is -0.483. The molecular formula is C17H32N4O2. The molecule has 0 spiro atoms. The van der Waals surface area contributed by atoms with E-state index in [0.29, 0.717) is 18.5 Å². The molecule has 132 valence electrons. The lowest BCUT2D eigenvalue weighted by Crippen LogP contribution is -2.47. The number of rotatable bonds is 7. The van der Waals surface area contributed by atoms with Crippen LogP contribution in [0.2, 0.25) is 0 Å². The topological polar surface area (TPSA) is 68.2 Å². The molecule has 1 unspecified atom stereocenters. The molecule has 6 nitrogen and oxygen atoms in total. The van der Waals surface area contributed by atoms with E-state index in [1.165, 1.54) is 0 Å². The van der Waals surface area contributed by atoms with Crippen LogP contribution in [0.1, 0.15) is 60.2 Å². The van der Waals surface area contributed by atoms with Crippen LogP contribution in [0.3, 0.4) is 0 Å². The molecule has 1 aromatic heterocycles. The highest BCUT2D eigenvalue weighted by Gasteiger charge is 2.21. The Morgan fingerprint density at radius 1 is 1.30 bits per heavy atom. The number of carbonyl (C=O) groups excluding carboxylic acids is 1. The van der Waals surface area contributed by atoms with Crippen molar-refractivity contribution >= 4 is 6.09 Å². The molecule has 0 bridgehead atoms. The molecule has 0 aliphatic heterocycles. The largest absolute Gasteiger partial charge is 0.444 e. The van der Waals surface area contributed by atoms with Crippen LogP contribution in [-0.4, -0.2) is 33.8 Å². The fourth-order valence-corrected chi connectivity index (χ4v) is 2.20. The first-order valence-electron chi connectivity index (χ1n) is 8.31. The molecule has 0 aliphatic rings. The summed E-state index contributed by atoms with van der Waals surface area (Å²) in [5.41, 5.74) is 0.655. The number of hydrogen-bond donors (Lipinski definition) is 2. The predicted molar refractivity (Wildman–Crippen MR) is 92.3 cm³/mol. The second kappa shape index (κ2) is 8.34. The summed E-state index contributed by atoms with van der Waals surface area (Å²) in [6.07, 6.45) is 3.35. The summed E-state index contributed by atoms with van der Waals surface area (Å²) in [6, 6.07) is 0.398. The van der Waals surface area contributed by atoms with Crippen molar-refractivity contribution in [3.05, 3.63) is 18.2 Å². The van der Waals surface area contributed by atoms with E-state index < -0.39 is 5.60 Å². The van der Waals surface area contributed by atoms with Crippen molar-refractivity contribution in [1.29, 1.82) is 0 Å². The quantitative estimate of drug-likeness (QED) is 0.808. The van der Waals surface area contributed by atoms with Crippen LogP contribution in [0.5, 0.6) is 0 Å². The fraction of sp³-hybridized carbons (Fsp3) is 0.765. The van der Waals surface area contributed by atoms with E-state index in [1.54, 1.807) is 0 Å². The summed E-state index contributed by atoms with van der Waals surface area (Å²) >= 11 is 0. The minimum absolute atomic E-state index is 0.0141. The molecule has 1 aromatic rings. The summed E-state index contributed by atoms with van der Waals surface area (Å²) in [5, 5.41) is 6.35. The highest BCUT2D eigenvalue weighted by Crippen LogP contribution is 2.10. The normalized spacial score (nSPS) is 13.4. The second-order valence-corrected chi connectivity index (χ2v) is 7.51. The van der Waals surface area contributed by atoms with Gasteiger partial charge in [0.2, 0.25) is 0 Å². The first kappa shape index (κ1) is 19.5. The van der Waals surface area contributed by atoms with Crippen molar-refractivity contribution < 1.29 is 9.53 Å². The summed E-state index contributed by atoms with van der Waals surface area (Å²) in [6.45, 7) is 15.4. The van der Waals surface area contributed by atoms with Crippen molar-refractivity contribution in [3.63, 3.8) is 0 Å². The standard InChI is InChI=1S/C17H32N4O2/c1-12(2)15(20-16(22)23-17(5,6)7)10-18-8-14-9-19-11-21(14)13(3)4/h9,11-13,15,18H,8,10H2,1-7H3,(H,20,22). The van der Waals surface area contributed by atoms with Gasteiger partial charge in [0.25, 0.3) is 0 Å². The zero-order chi connectivity index (χ0) is 17.6. The van der Waals surface area contributed by atoms with Gasteiger partial charge >= 0.3 is 6.09 Å². The van der Waals surface area contributed by atoms with Gasteiger partial charge in [-0.3, -0.25) is 0 Å². The molecule has 2 N–H and O–H groups in total. The lowest BCUT2D eigenvalue weighted by molar-refractivity contribution is 0.0490. The maximum Gasteiger partial charge on any atom is 0.407 e. The molecule has 1 amide bonds. The van der Waals surface area contributed by atoms with E-state index in [2.05, 4.69) is 47.9 Å². The summed E-state index contributed by atoms with van der Waals surface area (Å²) < 4.78 is 7.47. The average molecular weight is 324 g/mol.